The molecule has 1 heterocycles. The fourth-order valence-corrected chi connectivity index (χ4v) is 2.37. The van der Waals surface area contributed by atoms with Crippen LogP contribution in [0.3, 0.4) is 0 Å². The Balaban J connectivity index is 2.20. The molecule has 0 spiro atoms. The third kappa shape index (κ3) is 2.92. The second kappa shape index (κ2) is 6.03. The first-order valence-corrected chi connectivity index (χ1v) is 6.55. The Labute approximate surface area is 113 Å². The Morgan fingerprint density at radius 1 is 1.39 bits per heavy atom. The fraction of sp³-hybridized carbons (Fsp3) is 0.357. The van der Waals surface area contributed by atoms with Crippen LogP contribution >= 0.6 is 11.6 Å². The molecule has 0 bridgehead atoms. The van der Waals surface area contributed by atoms with Crippen LogP contribution in [-0.4, -0.2) is 16.8 Å². The van der Waals surface area contributed by atoms with Crippen molar-refractivity contribution in [1.82, 2.24) is 15.1 Å². The molecule has 0 saturated carbocycles. The number of benzene rings is 1. The van der Waals surface area contributed by atoms with Gasteiger partial charge in [0, 0.05) is 17.8 Å². The zero-order valence-electron chi connectivity index (χ0n) is 10.7. The minimum atomic E-state index is 0.255. The van der Waals surface area contributed by atoms with E-state index < -0.39 is 0 Å². The molecule has 1 atom stereocenters. The van der Waals surface area contributed by atoms with Crippen molar-refractivity contribution in [3.8, 4) is 0 Å². The van der Waals surface area contributed by atoms with Gasteiger partial charge in [-0.15, -0.1) is 0 Å². The van der Waals surface area contributed by atoms with Crippen molar-refractivity contribution in [3.05, 3.63) is 52.8 Å². The van der Waals surface area contributed by atoms with E-state index in [4.69, 9.17) is 11.6 Å². The monoisotopic (exact) mass is 263 g/mol. The van der Waals surface area contributed by atoms with Crippen molar-refractivity contribution in [2.75, 3.05) is 7.05 Å². The molecule has 96 valence electrons. The Bertz CT molecular complexity index is 507. The number of aryl methyl sites for hydroxylation is 1. The number of hydrogen-bond donors (Lipinski definition) is 1. The predicted molar refractivity (Wildman–Crippen MR) is 74.9 cm³/mol. The highest BCUT2D eigenvalue weighted by Gasteiger charge is 2.14. The molecule has 1 aromatic heterocycles. The summed E-state index contributed by atoms with van der Waals surface area (Å²) in [4.78, 5) is 0. The summed E-state index contributed by atoms with van der Waals surface area (Å²) in [5, 5.41) is 8.44. The summed E-state index contributed by atoms with van der Waals surface area (Å²) in [6.45, 7) is 2.98. The molecule has 2 aromatic rings. The number of nitrogens with zero attached hydrogens (tertiary/aromatic N) is 2. The molecule has 2 rings (SSSR count). The fourth-order valence-electron chi connectivity index (χ4n) is 2.16. The average Bonchev–Trinajstić information content (AvgIpc) is 2.84. The Hall–Kier alpha value is -1.32. The van der Waals surface area contributed by atoms with Crippen molar-refractivity contribution in [3.63, 3.8) is 0 Å². The van der Waals surface area contributed by atoms with Crippen LogP contribution in [0, 0.1) is 0 Å². The van der Waals surface area contributed by atoms with Gasteiger partial charge in [0.15, 0.2) is 0 Å². The minimum absolute atomic E-state index is 0.255. The molecule has 1 N–H and O–H groups in total. The summed E-state index contributed by atoms with van der Waals surface area (Å²) in [7, 11) is 1.97. The number of halogens is 1. The van der Waals surface area contributed by atoms with Gasteiger partial charge in [0.1, 0.15) is 0 Å². The molecule has 0 aliphatic rings. The first-order valence-electron chi connectivity index (χ1n) is 6.18. The molecule has 0 saturated heterocycles. The van der Waals surface area contributed by atoms with Crippen LogP contribution < -0.4 is 5.32 Å². The molecule has 0 aliphatic carbocycles. The van der Waals surface area contributed by atoms with Crippen LogP contribution in [0.5, 0.6) is 0 Å². The van der Waals surface area contributed by atoms with Gasteiger partial charge >= 0.3 is 0 Å². The molecule has 0 fully saturated rings. The molecule has 0 radical (unpaired) electrons. The van der Waals surface area contributed by atoms with Gasteiger partial charge in [0.05, 0.1) is 11.7 Å². The quantitative estimate of drug-likeness (QED) is 0.899. The summed E-state index contributed by atoms with van der Waals surface area (Å²) in [6, 6.07) is 10.3. The van der Waals surface area contributed by atoms with Crippen molar-refractivity contribution < 1.29 is 0 Å². The topological polar surface area (TPSA) is 29.9 Å². The van der Waals surface area contributed by atoms with E-state index in [1.807, 2.05) is 36.1 Å². The molecular weight excluding hydrogens is 246 g/mol. The maximum Gasteiger partial charge on any atom is 0.0556 e. The van der Waals surface area contributed by atoms with Gasteiger partial charge in [-0.3, -0.25) is 4.68 Å². The van der Waals surface area contributed by atoms with Crippen molar-refractivity contribution >= 4 is 11.6 Å². The van der Waals surface area contributed by atoms with Gasteiger partial charge in [-0.2, -0.15) is 5.10 Å². The van der Waals surface area contributed by atoms with E-state index in [9.17, 15) is 0 Å². The van der Waals surface area contributed by atoms with E-state index in [0.29, 0.717) is 0 Å². The number of hydrogen-bond acceptors (Lipinski definition) is 2. The number of aromatic nitrogens is 2. The molecular formula is C14H18ClN3. The summed E-state index contributed by atoms with van der Waals surface area (Å²) in [5.74, 6) is 0. The number of rotatable bonds is 5. The van der Waals surface area contributed by atoms with Crippen molar-refractivity contribution in [2.45, 2.75) is 25.9 Å². The second-order valence-electron chi connectivity index (χ2n) is 4.25. The van der Waals surface area contributed by atoms with Gasteiger partial charge < -0.3 is 5.32 Å². The molecule has 0 amide bonds. The lowest BCUT2D eigenvalue weighted by Gasteiger charge is -2.17. The first kappa shape index (κ1) is 13.1. The van der Waals surface area contributed by atoms with Gasteiger partial charge in [-0.25, -0.2) is 0 Å². The van der Waals surface area contributed by atoms with Crippen molar-refractivity contribution in [2.24, 2.45) is 0 Å². The van der Waals surface area contributed by atoms with Crippen LogP contribution in [-0.2, 0) is 13.0 Å². The smallest absolute Gasteiger partial charge is 0.0556 e. The van der Waals surface area contributed by atoms with Gasteiger partial charge in [0.25, 0.3) is 0 Å². The largest absolute Gasteiger partial charge is 0.311 e. The van der Waals surface area contributed by atoms with E-state index in [1.165, 1.54) is 11.3 Å². The summed E-state index contributed by atoms with van der Waals surface area (Å²) in [6.07, 6.45) is 2.75. The zero-order valence-corrected chi connectivity index (χ0v) is 11.5. The van der Waals surface area contributed by atoms with E-state index >= 15 is 0 Å². The molecule has 4 heteroatoms. The van der Waals surface area contributed by atoms with Crippen molar-refractivity contribution in [1.29, 1.82) is 0 Å². The normalized spacial score (nSPS) is 12.6. The number of likely N-dealkylation sites (N-methyl/N-ethyl adjacent to an activating group) is 1. The summed E-state index contributed by atoms with van der Waals surface area (Å²) in [5.41, 5.74) is 2.44. The van der Waals surface area contributed by atoms with Crippen LogP contribution in [0.25, 0.3) is 0 Å². The van der Waals surface area contributed by atoms with Crippen LogP contribution in [0.2, 0.25) is 5.02 Å². The van der Waals surface area contributed by atoms with Gasteiger partial charge in [-0.05, 0) is 44.2 Å². The predicted octanol–water partition coefficient (Wildman–Crippen LogP) is 3.06. The lowest BCUT2D eigenvalue weighted by Crippen LogP contribution is -2.22. The van der Waals surface area contributed by atoms with Gasteiger partial charge in [-0.1, -0.05) is 23.7 Å². The van der Waals surface area contributed by atoms with E-state index in [0.717, 1.165) is 18.0 Å². The molecule has 0 aliphatic heterocycles. The molecule has 3 nitrogen and oxygen atoms in total. The highest BCUT2D eigenvalue weighted by atomic mass is 35.5. The Morgan fingerprint density at radius 2 is 2.22 bits per heavy atom. The third-order valence-electron chi connectivity index (χ3n) is 3.08. The standard InChI is InChI=1S/C14H18ClN3/c1-3-18-14(7-8-17-18)13(16-2)10-11-5-4-6-12(15)9-11/h4-9,13,16H,3,10H2,1-2H3. The highest BCUT2D eigenvalue weighted by Crippen LogP contribution is 2.20. The van der Waals surface area contributed by atoms with E-state index in [-0.39, 0.29) is 6.04 Å². The van der Waals surface area contributed by atoms with Crippen LogP contribution in [0.1, 0.15) is 24.2 Å². The Morgan fingerprint density at radius 3 is 2.89 bits per heavy atom. The average molecular weight is 264 g/mol. The summed E-state index contributed by atoms with van der Waals surface area (Å²) < 4.78 is 2.02. The number of nitrogens with one attached hydrogen (secondary N) is 1. The minimum Gasteiger partial charge on any atom is -0.311 e. The second-order valence-corrected chi connectivity index (χ2v) is 4.68. The molecule has 1 aromatic carbocycles. The van der Waals surface area contributed by atoms with Gasteiger partial charge in [0.2, 0.25) is 0 Å². The summed E-state index contributed by atoms with van der Waals surface area (Å²) >= 11 is 6.02. The first-order chi connectivity index (χ1) is 8.74. The maximum atomic E-state index is 6.02. The molecule has 1 unspecified atom stereocenters. The zero-order chi connectivity index (χ0) is 13.0. The van der Waals surface area contributed by atoms with Crippen LogP contribution in [0.15, 0.2) is 36.5 Å². The SMILES string of the molecule is CCn1nccc1C(Cc1cccc(Cl)c1)NC. The third-order valence-corrected chi connectivity index (χ3v) is 3.32. The lowest BCUT2D eigenvalue weighted by atomic mass is 10.0. The highest BCUT2D eigenvalue weighted by molar-refractivity contribution is 6.30. The van der Waals surface area contributed by atoms with E-state index in [2.05, 4.69) is 29.5 Å². The molecule has 18 heavy (non-hydrogen) atoms. The maximum absolute atomic E-state index is 6.02. The van der Waals surface area contributed by atoms with E-state index in [1.54, 1.807) is 0 Å². The van der Waals surface area contributed by atoms with Crippen LogP contribution in [0.4, 0.5) is 0 Å². The lowest BCUT2D eigenvalue weighted by molar-refractivity contribution is 0.513. The Kier molecular flexibility index (Phi) is 4.39.